The van der Waals surface area contributed by atoms with Crippen LogP contribution in [0, 0.1) is 5.92 Å². The molecule has 3 nitrogen and oxygen atoms in total. The predicted octanol–water partition coefficient (Wildman–Crippen LogP) is 2.47. The van der Waals surface area contributed by atoms with Gasteiger partial charge in [0.15, 0.2) is 0 Å². The SMILES string of the molecule is CCCN(C)CC1CN(CCCC(C)C)CCO1. The molecule has 0 aliphatic carbocycles. The zero-order valence-electron chi connectivity index (χ0n) is 12.8. The lowest BCUT2D eigenvalue weighted by atomic mass is 10.1. The van der Waals surface area contributed by atoms with Crippen LogP contribution in [0.15, 0.2) is 0 Å². The van der Waals surface area contributed by atoms with Crippen molar-refractivity contribution in [3.63, 3.8) is 0 Å². The van der Waals surface area contributed by atoms with E-state index in [0.717, 1.165) is 32.2 Å². The van der Waals surface area contributed by atoms with Crippen LogP contribution in [0.4, 0.5) is 0 Å². The minimum Gasteiger partial charge on any atom is -0.374 e. The lowest BCUT2D eigenvalue weighted by Crippen LogP contribution is -2.47. The van der Waals surface area contributed by atoms with Gasteiger partial charge in [-0.2, -0.15) is 0 Å². The lowest BCUT2D eigenvalue weighted by Gasteiger charge is -2.35. The van der Waals surface area contributed by atoms with E-state index in [1.165, 1.54) is 32.4 Å². The van der Waals surface area contributed by atoms with Crippen LogP contribution >= 0.6 is 0 Å². The van der Waals surface area contributed by atoms with Crippen LogP contribution < -0.4 is 0 Å². The average Bonchev–Trinajstić information content (AvgIpc) is 2.29. The van der Waals surface area contributed by atoms with Crippen molar-refractivity contribution in [3.05, 3.63) is 0 Å². The molecule has 1 fully saturated rings. The van der Waals surface area contributed by atoms with Crippen LogP contribution in [0.1, 0.15) is 40.0 Å². The van der Waals surface area contributed by atoms with Gasteiger partial charge in [-0.15, -0.1) is 0 Å². The summed E-state index contributed by atoms with van der Waals surface area (Å²) in [6.45, 7) is 13.5. The molecule has 0 aromatic carbocycles. The maximum absolute atomic E-state index is 5.87. The smallest absolute Gasteiger partial charge is 0.0829 e. The van der Waals surface area contributed by atoms with Crippen molar-refractivity contribution in [1.82, 2.24) is 9.80 Å². The molecule has 0 saturated carbocycles. The molecule has 0 spiro atoms. The third-order valence-electron chi connectivity index (χ3n) is 3.60. The highest BCUT2D eigenvalue weighted by Gasteiger charge is 2.21. The van der Waals surface area contributed by atoms with Crippen LogP contribution in [-0.4, -0.2) is 62.3 Å². The fraction of sp³-hybridized carbons (Fsp3) is 1.00. The minimum atomic E-state index is 0.411. The number of likely N-dealkylation sites (N-methyl/N-ethyl adjacent to an activating group) is 1. The molecule has 0 N–H and O–H groups in total. The van der Waals surface area contributed by atoms with E-state index in [9.17, 15) is 0 Å². The van der Waals surface area contributed by atoms with Gasteiger partial charge in [-0.05, 0) is 45.3 Å². The van der Waals surface area contributed by atoms with E-state index in [1.807, 2.05) is 0 Å². The molecule has 1 aliphatic rings. The zero-order valence-corrected chi connectivity index (χ0v) is 12.8. The van der Waals surface area contributed by atoms with Crippen molar-refractivity contribution < 1.29 is 4.74 Å². The Morgan fingerprint density at radius 3 is 2.83 bits per heavy atom. The Morgan fingerprint density at radius 1 is 1.39 bits per heavy atom. The fourth-order valence-corrected chi connectivity index (χ4v) is 2.64. The monoisotopic (exact) mass is 256 g/mol. The highest BCUT2D eigenvalue weighted by atomic mass is 16.5. The summed E-state index contributed by atoms with van der Waals surface area (Å²) in [5, 5.41) is 0. The second-order valence-corrected chi connectivity index (χ2v) is 6.09. The largest absolute Gasteiger partial charge is 0.374 e. The van der Waals surface area contributed by atoms with E-state index in [4.69, 9.17) is 4.74 Å². The van der Waals surface area contributed by atoms with Crippen LogP contribution in [0.2, 0.25) is 0 Å². The maximum atomic E-state index is 5.87. The second-order valence-electron chi connectivity index (χ2n) is 6.09. The molecule has 108 valence electrons. The Kier molecular flexibility index (Phi) is 7.87. The molecule has 1 atom stereocenters. The van der Waals surface area contributed by atoms with Crippen LogP contribution in [-0.2, 0) is 4.74 Å². The van der Waals surface area contributed by atoms with Gasteiger partial charge in [0.25, 0.3) is 0 Å². The van der Waals surface area contributed by atoms with Gasteiger partial charge in [-0.3, -0.25) is 4.90 Å². The minimum absolute atomic E-state index is 0.411. The third-order valence-corrected chi connectivity index (χ3v) is 3.60. The number of ether oxygens (including phenoxy) is 1. The molecule has 1 aliphatic heterocycles. The van der Waals surface area contributed by atoms with Crippen molar-refractivity contribution in [2.75, 3.05) is 46.4 Å². The number of morpholine rings is 1. The number of rotatable bonds is 8. The summed E-state index contributed by atoms with van der Waals surface area (Å²) >= 11 is 0. The van der Waals surface area contributed by atoms with Crippen molar-refractivity contribution in [2.24, 2.45) is 5.92 Å². The second kappa shape index (κ2) is 8.89. The van der Waals surface area contributed by atoms with Crippen molar-refractivity contribution in [1.29, 1.82) is 0 Å². The van der Waals surface area contributed by atoms with Crippen molar-refractivity contribution in [2.45, 2.75) is 46.1 Å². The van der Waals surface area contributed by atoms with Crippen LogP contribution in [0.5, 0.6) is 0 Å². The van der Waals surface area contributed by atoms with Gasteiger partial charge in [0, 0.05) is 19.6 Å². The average molecular weight is 256 g/mol. The molecule has 18 heavy (non-hydrogen) atoms. The molecule has 0 aromatic heterocycles. The normalized spacial score (nSPS) is 22.0. The quantitative estimate of drug-likeness (QED) is 0.663. The molecular formula is C15H32N2O. The van der Waals surface area contributed by atoms with E-state index in [0.29, 0.717) is 6.10 Å². The molecule has 0 amide bonds. The molecular weight excluding hydrogens is 224 g/mol. The summed E-state index contributed by atoms with van der Waals surface area (Å²) in [6, 6.07) is 0. The number of hydrogen-bond donors (Lipinski definition) is 0. The lowest BCUT2D eigenvalue weighted by molar-refractivity contribution is -0.0408. The van der Waals surface area contributed by atoms with E-state index in [-0.39, 0.29) is 0 Å². The Hall–Kier alpha value is -0.120. The molecule has 0 radical (unpaired) electrons. The highest BCUT2D eigenvalue weighted by molar-refractivity contribution is 4.74. The first-order chi connectivity index (χ1) is 8.61. The van der Waals surface area contributed by atoms with Gasteiger partial charge in [0.05, 0.1) is 12.7 Å². The summed E-state index contributed by atoms with van der Waals surface area (Å²) < 4.78 is 5.87. The van der Waals surface area contributed by atoms with Gasteiger partial charge < -0.3 is 9.64 Å². The van der Waals surface area contributed by atoms with Gasteiger partial charge in [0.1, 0.15) is 0 Å². The first-order valence-corrected chi connectivity index (χ1v) is 7.64. The summed E-state index contributed by atoms with van der Waals surface area (Å²) in [5.41, 5.74) is 0. The van der Waals surface area contributed by atoms with Gasteiger partial charge >= 0.3 is 0 Å². The summed E-state index contributed by atoms with van der Waals surface area (Å²) in [7, 11) is 2.20. The fourth-order valence-electron chi connectivity index (χ4n) is 2.64. The summed E-state index contributed by atoms with van der Waals surface area (Å²) in [5.74, 6) is 0.831. The summed E-state index contributed by atoms with van der Waals surface area (Å²) in [6.07, 6.45) is 4.31. The molecule has 0 aromatic rings. The van der Waals surface area contributed by atoms with E-state index in [1.54, 1.807) is 0 Å². The summed E-state index contributed by atoms with van der Waals surface area (Å²) in [4.78, 5) is 4.97. The zero-order chi connectivity index (χ0) is 13.4. The maximum Gasteiger partial charge on any atom is 0.0829 e. The first-order valence-electron chi connectivity index (χ1n) is 7.64. The Morgan fingerprint density at radius 2 is 2.17 bits per heavy atom. The van der Waals surface area contributed by atoms with E-state index >= 15 is 0 Å². The third kappa shape index (κ3) is 6.72. The van der Waals surface area contributed by atoms with E-state index in [2.05, 4.69) is 37.6 Å². The van der Waals surface area contributed by atoms with Crippen LogP contribution in [0.3, 0.4) is 0 Å². The molecule has 1 unspecified atom stereocenters. The molecule has 1 heterocycles. The molecule has 3 heteroatoms. The number of hydrogen-bond acceptors (Lipinski definition) is 3. The number of nitrogens with zero attached hydrogens (tertiary/aromatic N) is 2. The topological polar surface area (TPSA) is 15.7 Å². The van der Waals surface area contributed by atoms with Crippen LogP contribution in [0.25, 0.3) is 0 Å². The highest BCUT2D eigenvalue weighted by Crippen LogP contribution is 2.10. The molecule has 1 saturated heterocycles. The van der Waals surface area contributed by atoms with E-state index < -0.39 is 0 Å². The molecule has 1 rings (SSSR count). The van der Waals surface area contributed by atoms with Crippen molar-refractivity contribution >= 4 is 0 Å². The molecule has 0 bridgehead atoms. The van der Waals surface area contributed by atoms with Gasteiger partial charge in [0.2, 0.25) is 0 Å². The predicted molar refractivity (Wildman–Crippen MR) is 78.0 cm³/mol. The van der Waals surface area contributed by atoms with Gasteiger partial charge in [-0.1, -0.05) is 20.8 Å². The Balaban J connectivity index is 2.19. The van der Waals surface area contributed by atoms with Crippen molar-refractivity contribution in [3.8, 4) is 0 Å². The first kappa shape index (κ1) is 15.9. The standard InChI is InChI=1S/C15H32N2O/c1-5-8-16(4)12-15-13-17(10-11-18-15)9-6-7-14(2)3/h14-15H,5-13H2,1-4H3. The Bertz CT molecular complexity index is 209. The van der Waals surface area contributed by atoms with Gasteiger partial charge in [-0.25, -0.2) is 0 Å². The Labute approximate surface area is 113 Å².